The minimum atomic E-state index is -0.375. The van der Waals surface area contributed by atoms with Gasteiger partial charge in [-0.05, 0) is 31.6 Å². The van der Waals surface area contributed by atoms with Gasteiger partial charge in [0.05, 0.1) is 7.11 Å². The van der Waals surface area contributed by atoms with Crippen LogP contribution in [-0.2, 0) is 9.53 Å². The molecule has 2 rings (SSSR count). The number of nitrogens with zero attached hydrogens (tertiary/aromatic N) is 2. The number of piperidine rings is 1. The maximum absolute atomic E-state index is 12.4. The third-order valence-corrected chi connectivity index (χ3v) is 3.90. The monoisotopic (exact) mass is 254 g/mol. The van der Waals surface area contributed by atoms with Gasteiger partial charge in [0.2, 0.25) is 0 Å². The van der Waals surface area contributed by atoms with E-state index in [4.69, 9.17) is 4.74 Å². The van der Waals surface area contributed by atoms with Gasteiger partial charge >= 0.3 is 12.0 Å². The number of urea groups is 1. The number of hydrogen-bond acceptors (Lipinski definition) is 3. The maximum Gasteiger partial charge on any atom is 0.328 e. The van der Waals surface area contributed by atoms with Crippen molar-refractivity contribution in [3.63, 3.8) is 0 Å². The molecule has 2 aliphatic heterocycles. The second-order valence-corrected chi connectivity index (χ2v) is 5.35. The Morgan fingerprint density at radius 2 is 1.89 bits per heavy atom. The predicted octanol–water partition coefficient (Wildman–Crippen LogP) is 1.48. The van der Waals surface area contributed by atoms with E-state index in [-0.39, 0.29) is 18.0 Å². The van der Waals surface area contributed by atoms with E-state index in [1.807, 2.05) is 4.90 Å². The molecule has 0 radical (unpaired) electrons. The van der Waals surface area contributed by atoms with E-state index >= 15 is 0 Å². The molecule has 2 fully saturated rings. The van der Waals surface area contributed by atoms with Crippen LogP contribution < -0.4 is 0 Å². The highest BCUT2D eigenvalue weighted by atomic mass is 16.5. The standard InChI is InChI=1S/C13H22N2O3/c1-10-5-3-7-14(9-10)13(17)15-8-4-6-11(15)12(16)18-2/h10-11H,3-9H2,1-2H3. The van der Waals surface area contributed by atoms with Crippen molar-refractivity contribution in [1.82, 2.24) is 9.80 Å². The van der Waals surface area contributed by atoms with Crippen molar-refractivity contribution in [2.24, 2.45) is 5.92 Å². The summed E-state index contributed by atoms with van der Waals surface area (Å²) in [5.74, 6) is 0.271. The molecule has 2 aliphatic rings. The molecule has 0 saturated carbocycles. The fourth-order valence-electron chi connectivity index (χ4n) is 2.92. The van der Waals surface area contributed by atoms with Gasteiger partial charge in [0.25, 0.3) is 0 Å². The number of hydrogen-bond donors (Lipinski definition) is 0. The lowest BCUT2D eigenvalue weighted by atomic mass is 10.0. The van der Waals surface area contributed by atoms with Crippen LogP contribution in [0.15, 0.2) is 0 Å². The van der Waals surface area contributed by atoms with Gasteiger partial charge in [0, 0.05) is 19.6 Å². The number of rotatable bonds is 1. The lowest BCUT2D eigenvalue weighted by molar-refractivity contribution is -0.145. The van der Waals surface area contributed by atoms with Crippen molar-refractivity contribution >= 4 is 12.0 Å². The molecule has 2 saturated heterocycles. The molecule has 2 unspecified atom stereocenters. The van der Waals surface area contributed by atoms with Crippen molar-refractivity contribution in [2.45, 2.75) is 38.6 Å². The van der Waals surface area contributed by atoms with Crippen LogP contribution in [0.5, 0.6) is 0 Å². The molecule has 2 heterocycles. The van der Waals surface area contributed by atoms with E-state index in [0.29, 0.717) is 12.5 Å². The van der Waals surface area contributed by atoms with Crippen molar-refractivity contribution in [3.05, 3.63) is 0 Å². The summed E-state index contributed by atoms with van der Waals surface area (Å²) in [6.45, 7) is 4.46. The Balaban J connectivity index is 2.01. The Bertz CT molecular complexity index is 332. The Labute approximate surface area is 108 Å². The van der Waals surface area contributed by atoms with Gasteiger partial charge in [-0.3, -0.25) is 0 Å². The molecule has 102 valence electrons. The van der Waals surface area contributed by atoms with Crippen molar-refractivity contribution < 1.29 is 14.3 Å². The summed E-state index contributed by atoms with van der Waals surface area (Å²) in [7, 11) is 1.38. The molecule has 0 N–H and O–H groups in total. The third-order valence-electron chi connectivity index (χ3n) is 3.90. The molecule has 2 atom stereocenters. The van der Waals surface area contributed by atoms with Crippen LogP contribution in [0, 0.1) is 5.92 Å². The second-order valence-electron chi connectivity index (χ2n) is 5.35. The summed E-state index contributed by atoms with van der Waals surface area (Å²) in [5, 5.41) is 0. The Hall–Kier alpha value is -1.26. The minimum Gasteiger partial charge on any atom is -0.467 e. The zero-order valence-corrected chi connectivity index (χ0v) is 11.2. The van der Waals surface area contributed by atoms with Crippen LogP contribution in [0.25, 0.3) is 0 Å². The van der Waals surface area contributed by atoms with Crippen LogP contribution in [-0.4, -0.2) is 54.6 Å². The molecule has 0 aromatic carbocycles. The van der Waals surface area contributed by atoms with Crippen molar-refractivity contribution in [3.8, 4) is 0 Å². The van der Waals surface area contributed by atoms with Gasteiger partial charge in [0.15, 0.2) is 0 Å². The molecular formula is C13H22N2O3. The van der Waals surface area contributed by atoms with E-state index in [2.05, 4.69) is 6.92 Å². The molecule has 18 heavy (non-hydrogen) atoms. The molecule has 0 bridgehead atoms. The van der Waals surface area contributed by atoms with Crippen molar-refractivity contribution in [2.75, 3.05) is 26.7 Å². The summed E-state index contributed by atoms with van der Waals surface area (Å²) < 4.78 is 4.77. The van der Waals surface area contributed by atoms with Crippen LogP contribution >= 0.6 is 0 Å². The van der Waals surface area contributed by atoms with E-state index in [0.717, 1.165) is 32.4 Å². The van der Waals surface area contributed by atoms with Gasteiger partial charge in [-0.15, -0.1) is 0 Å². The summed E-state index contributed by atoms with van der Waals surface area (Å²) in [6.07, 6.45) is 3.85. The maximum atomic E-state index is 12.4. The number of likely N-dealkylation sites (tertiary alicyclic amines) is 2. The molecule has 5 nitrogen and oxygen atoms in total. The Morgan fingerprint density at radius 3 is 2.56 bits per heavy atom. The first kappa shape index (κ1) is 13.2. The quantitative estimate of drug-likeness (QED) is 0.666. The lowest BCUT2D eigenvalue weighted by Crippen LogP contribution is -2.50. The van der Waals surface area contributed by atoms with E-state index in [9.17, 15) is 9.59 Å². The highest BCUT2D eigenvalue weighted by Crippen LogP contribution is 2.23. The first-order chi connectivity index (χ1) is 8.63. The van der Waals surface area contributed by atoms with Gasteiger partial charge in [-0.25, -0.2) is 9.59 Å². The lowest BCUT2D eigenvalue weighted by Gasteiger charge is -2.35. The third kappa shape index (κ3) is 2.60. The van der Waals surface area contributed by atoms with Crippen LogP contribution in [0.2, 0.25) is 0 Å². The first-order valence-corrected chi connectivity index (χ1v) is 6.77. The molecular weight excluding hydrogens is 232 g/mol. The molecule has 0 aliphatic carbocycles. The molecule has 0 aromatic heterocycles. The largest absolute Gasteiger partial charge is 0.467 e. The minimum absolute atomic E-state index is 0.00875. The molecule has 2 amide bonds. The zero-order valence-electron chi connectivity index (χ0n) is 11.2. The number of amides is 2. The normalized spacial score (nSPS) is 28.3. The Morgan fingerprint density at radius 1 is 1.17 bits per heavy atom. The van der Waals surface area contributed by atoms with Gasteiger partial charge in [-0.1, -0.05) is 6.92 Å². The highest BCUT2D eigenvalue weighted by Gasteiger charge is 2.37. The van der Waals surface area contributed by atoms with E-state index < -0.39 is 0 Å². The van der Waals surface area contributed by atoms with Gasteiger partial charge < -0.3 is 14.5 Å². The number of esters is 1. The summed E-state index contributed by atoms with van der Waals surface area (Å²) >= 11 is 0. The smallest absolute Gasteiger partial charge is 0.328 e. The molecule has 5 heteroatoms. The summed E-state index contributed by atoms with van der Waals surface area (Å²) in [5.41, 5.74) is 0. The van der Waals surface area contributed by atoms with Gasteiger partial charge in [-0.2, -0.15) is 0 Å². The van der Waals surface area contributed by atoms with E-state index in [1.165, 1.54) is 13.5 Å². The number of carbonyl (C=O) groups is 2. The van der Waals surface area contributed by atoms with Crippen LogP contribution in [0.4, 0.5) is 4.79 Å². The molecule has 0 spiro atoms. The average Bonchev–Trinajstić information content (AvgIpc) is 2.86. The number of methoxy groups -OCH3 is 1. The van der Waals surface area contributed by atoms with E-state index in [1.54, 1.807) is 4.90 Å². The topological polar surface area (TPSA) is 49.9 Å². The zero-order chi connectivity index (χ0) is 13.1. The second kappa shape index (κ2) is 5.59. The predicted molar refractivity (Wildman–Crippen MR) is 67.1 cm³/mol. The van der Waals surface area contributed by atoms with Crippen LogP contribution in [0.1, 0.15) is 32.6 Å². The summed E-state index contributed by atoms with van der Waals surface area (Å²) in [6, 6.07) is -0.366. The fourth-order valence-corrected chi connectivity index (χ4v) is 2.92. The van der Waals surface area contributed by atoms with Gasteiger partial charge in [0.1, 0.15) is 6.04 Å². The number of ether oxygens (including phenoxy) is 1. The average molecular weight is 254 g/mol. The summed E-state index contributed by atoms with van der Waals surface area (Å²) in [4.78, 5) is 27.6. The first-order valence-electron chi connectivity index (χ1n) is 6.77. The number of carbonyl (C=O) groups excluding carboxylic acids is 2. The van der Waals surface area contributed by atoms with Crippen molar-refractivity contribution in [1.29, 1.82) is 0 Å². The molecule has 0 aromatic rings. The Kier molecular flexibility index (Phi) is 4.09. The fraction of sp³-hybridized carbons (Fsp3) is 0.846. The SMILES string of the molecule is COC(=O)C1CCCN1C(=O)N1CCCC(C)C1. The highest BCUT2D eigenvalue weighted by molar-refractivity contribution is 5.84. The van der Waals surface area contributed by atoms with Crippen LogP contribution in [0.3, 0.4) is 0 Å².